The molecule has 0 saturated heterocycles. The van der Waals surface area contributed by atoms with Crippen molar-refractivity contribution in [3.63, 3.8) is 0 Å². The molecule has 0 bridgehead atoms. The van der Waals surface area contributed by atoms with Crippen molar-refractivity contribution < 1.29 is 9.47 Å². The molecular weight excluding hydrogens is 226 g/mol. The van der Waals surface area contributed by atoms with Gasteiger partial charge in [0.15, 0.2) is 12.5 Å². The number of fused-ring (bicyclic) bond motifs is 1. The lowest BCUT2D eigenvalue weighted by Gasteiger charge is -2.22. The van der Waals surface area contributed by atoms with E-state index in [0.29, 0.717) is 0 Å². The third-order valence-electron chi connectivity index (χ3n) is 3.03. The fraction of sp³-hybridized carbons (Fsp3) is 0.133. The van der Waals surface area contributed by atoms with E-state index >= 15 is 0 Å². The van der Waals surface area contributed by atoms with E-state index in [2.05, 4.69) is 4.99 Å². The van der Waals surface area contributed by atoms with Crippen molar-refractivity contribution in [1.29, 1.82) is 0 Å². The van der Waals surface area contributed by atoms with Crippen LogP contribution < -0.4 is 4.74 Å². The lowest BCUT2D eigenvalue weighted by atomic mass is 9.99. The molecule has 0 N–H and O–H groups in total. The van der Waals surface area contributed by atoms with E-state index in [1.54, 1.807) is 7.11 Å². The van der Waals surface area contributed by atoms with Crippen LogP contribution in [0, 0.1) is 0 Å². The van der Waals surface area contributed by atoms with E-state index in [-0.39, 0.29) is 6.10 Å². The van der Waals surface area contributed by atoms with Crippen LogP contribution >= 0.6 is 0 Å². The van der Waals surface area contributed by atoms with Crippen LogP contribution in [0.25, 0.3) is 0 Å². The molecule has 1 heterocycles. The quantitative estimate of drug-likeness (QED) is 0.803. The van der Waals surface area contributed by atoms with Crippen LogP contribution in [0.4, 0.5) is 5.69 Å². The summed E-state index contributed by atoms with van der Waals surface area (Å²) in [5.74, 6) is 0.844. The summed E-state index contributed by atoms with van der Waals surface area (Å²) in [6.07, 6.45) is 1.42. The highest BCUT2D eigenvalue weighted by Crippen LogP contribution is 2.35. The van der Waals surface area contributed by atoms with Gasteiger partial charge in [-0.1, -0.05) is 30.3 Å². The molecule has 90 valence electrons. The van der Waals surface area contributed by atoms with Crippen molar-refractivity contribution in [1.82, 2.24) is 0 Å². The predicted octanol–water partition coefficient (Wildman–Crippen LogP) is 3.47. The normalized spacial score (nSPS) is 16.8. The molecule has 0 fully saturated rings. The third kappa shape index (κ3) is 1.84. The van der Waals surface area contributed by atoms with E-state index in [1.807, 2.05) is 48.5 Å². The minimum absolute atomic E-state index is 0.0930. The Morgan fingerprint density at radius 3 is 2.61 bits per heavy atom. The van der Waals surface area contributed by atoms with Crippen molar-refractivity contribution in [2.45, 2.75) is 6.10 Å². The van der Waals surface area contributed by atoms with Gasteiger partial charge in [-0.2, -0.15) is 0 Å². The number of benzene rings is 2. The van der Waals surface area contributed by atoms with Crippen LogP contribution in [0.5, 0.6) is 5.75 Å². The van der Waals surface area contributed by atoms with Gasteiger partial charge < -0.3 is 9.47 Å². The molecule has 1 aliphatic rings. The zero-order valence-corrected chi connectivity index (χ0v) is 10.0. The number of hydrogen-bond donors (Lipinski definition) is 0. The molecule has 1 atom stereocenters. The Labute approximate surface area is 106 Å². The summed E-state index contributed by atoms with van der Waals surface area (Å²) in [6.45, 7) is 0. The van der Waals surface area contributed by atoms with Gasteiger partial charge in [0.25, 0.3) is 0 Å². The van der Waals surface area contributed by atoms with Gasteiger partial charge in [0, 0.05) is 5.56 Å². The lowest BCUT2D eigenvalue weighted by Crippen LogP contribution is -2.08. The molecule has 3 heteroatoms. The topological polar surface area (TPSA) is 30.8 Å². The number of methoxy groups -OCH3 is 1. The predicted molar refractivity (Wildman–Crippen MR) is 70.5 cm³/mol. The molecule has 0 radical (unpaired) electrons. The molecule has 18 heavy (non-hydrogen) atoms. The second kappa shape index (κ2) is 4.53. The van der Waals surface area contributed by atoms with Crippen LogP contribution in [-0.4, -0.2) is 13.5 Å². The minimum Gasteiger partial charge on any atom is -0.497 e. The summed E-state index contributed by atoms with van der Waals surface area (Å²) < 4.78 is 10.8. The Bertz CT molecular complexity index is 575. The first kappa shape index (κ1) is 10.8. The smallest absolute Gasteiger partial charge is 0.175 e. The molecule has 3 rings (SSSR count). The highest BCUT2D eigenvalue weighted by molar-refractivity contribution is 5.64. The Morgan fingerprint density at radius 2 is 1.83 bits per heavy atom. The van der Waals surface area contributed by atoms with Gasteiger partial charge in [-0.15, -0.1) is 0 Å². The zero-order valence-electron chi connectivity index (χ0n) is 10.0. The summed E-state index contributed by atoms with van der Waals surface area (Å²) in [5.41, 5.74) is 3.14. The van der Waals surface area contributed by atoms with E-state index in [0.717, 1.165) is 22.6 Å². The number of aliphatic imine (C=N–C) groups is 1. The maximum Gasteiger partial charge on any atom is 0.175 e. The van der Waals surface area contributed by atoms with Crippen molar-refractivity contribution >= 4 is 12.1 Å². The Morgan fingerprint density at radius 1 is 1.06 bits per heavy atom. The van der Waals surface area contributed by atoms with E-state index < -0.39 is 0 Å². The SMILES string of the molecule is COc1ccc(C2OC=Nc3ccccc32)cc1. The standard InChI is InChI=1S/C15H13NO2/c1-17-12-8-6-11(7-9-12)15-13-4-2-3-5-14(13)16-10-18-15/h2-10,15H,1H3. The highest BCUT2D eigenvalue weighted by atomic mass is 16.5. The van der Waals surface area contributed by atoms with Crippen LogP contribution in [0.15, 0.2) is 53.5 Å². The fourth-order valence-corrected chi connectivity index (χ4v) is 2.09. The average molecular weight is 239 g/mol. The summed E-state index contributed by atoms with van der Waals surface area (Å²) in [6, 6.07) is 15.9. The summed E-state index contributed by atoms with van der Waals surface area (Å²) in [5, 5.41) is 0. The molecule has 0 aliphatic carbocycles. The van der Waals surface area contributed by atoms with E-state index in [4.69, 9.17) is 9.47 Å². The number of rotatable bonds is 2. The first-order chi connectivity index (χ1) is 8.88. The maximum atomic E-state index is 5.63. The number of nitrogens with zero attached hydrogens (tertiary/aromatic N) is 1. The molecule has 3 nitrogen and oxygen atoms in total. The molecule has 0 spiro atoms. The van der Waals surface area contributed by atoms with Crippen LogP contribution in [0.1, 0.15) is 17.2 Å². The molecule has 2 aromatic carbocycles. The van der Waals surface area contributed by atoms with E-state index in [1.165, 1.54) is 6.40 Å². The Kier molecular flexibility index (Phi) is 2.73. The number of hydrogen-bond acceptors (Lipinski definition) is 3. The van der Waals surface area contributed by atoms with Crippen molar-refractivity contribution in [3.05, 3.63) is 59.7 Å². The minimum atomic E-state index is -0.0930. The van der Waals surface area contributed by atoms with E-state index in [9.17, 15) is 0 Å². The molecule has 0 amide bonds. The molecule has 1 aliphatic heterocycles. The fourth-order valence-electron chi connectivity index (χ4n) is 2.09. The molecule has 2 aromatic rings. The number of para-hydroxylation sites is 1. The summed E-state index contributed by atoms with van der Waals surface area (Å²) in [7, 11) is 1.66. The summed E-state index contributed by atoms with van der Waals surface area (Å²) in [4.78, 5) is 4.23. The lowest BCUT2D eigenvalue weighted by molar-refractivity contribution is 0.242. The van der Waals surface area contributed by atoms with Crippen LogP contribution in [-0.2, 0) is 4.74 Å². The molecule has 1 unspecified atom stereocenters. The average Bonchev–Trinajstić information content (AvgIpc) is 2.47. The van der Waals surface area contributed by atoms with Gasteiger partial charge in [0.1, 0.15) is 5.75 Å². The second-order valence-electron chi connectivity index (χ2n) is 4.08. The first-order valence-corrected chi connectivity index (χ1v) is 5.79. The van der Waals surface area contributed by atoms with Crippen molar-refractivity contribution in [2.75, 3.05) is 7.11 Å². The molecular formula is C15H13NO2. The van der Waals surface area contributed by atoms with Gasteiger partial charge in [-0.3, -0.25) is 0 Å². The van der Waals surface area contributed by atoms with Gasteiger partial charge in [0.2, 0.25) is 0 Å². The second-order valence-corrected chi connectivity index (χ2v) is 4.08. The van der Waals surface area contributed by atoms with Crippen molar-refractivity contribution in [2.24, 2.45) is 4.99 Å². The van der Waals surface area contributed by atoms with Gasteiger partial charge in [-0.05, 0) is 23.8 Å². The largest absolute Gasteiger partial charge is 0.497 e. The summed E-state index contributed by atoms with van der Waals surface area (Å²) >= 11 is 0. The van der Waals surface area contributed by atoms with Crippen molar-refractivity contribution in [3.8, 4) is 5.75 Å². The highest BCUT2D eigenvalue weighted by Gasteiger charge is 2.20. The van der Waals surface area contributed by atoms with Gasteiger partial charge >= 0.3 is 0 Å². The zero-order chi connectivity index (χ0) is 12.4. The first-order valence-electron chi connectivity index (χ1n) is 5.79. The van der Waals surface area contributed by atoms with Gasteiger partial charge in [-0.25, -0.2) is 4.99 Å². The van der Waals surface area contributed by atoms with Crippen LogP contribution in [0.2, 0.25) is 0 Å². The third-order valence-corrected chi connectivity index (χ3v) is 3.03. The number of ether oxygens (including phenoxy) is 2. The monoisotopic (exact) mass is 239 g/mol. The van der Waals surface area contributed by atoms with Crippen LogP contribution in [0.3, 0.4) is 0 Å². The van der Waals surface area contributed by atoms with Gasteiger partial charge in [0.05, 0.1) is 12.8 Å². The Hall–Kier alpha value is -2.29. The maximum absolute atomic E-state index is 5.63. The Balaban J connectivity index is 1.99. The molecule has 0 aromatic heterocycles. The molecule has 0 saturated carbocycles.